The Bertz CT molecular complexity index is 46.8. The number of hydrogen-bond donors (Lipinski definition) is 0. The first-order valence-corrected chi connectivity index (χ1v) is 1.39. The molecular weight excluding hydrogens is 109 g/mol. The van der Waals surface area contributed by atoms with E-state index in [9.17, 15) is 10.1 Å². The molecule has 0 spiro atoms. The number of nitrogens with zero attached hydrogens (tertiary/aromatic N) is 1. The molecule has 3 nitrogen and oxygen atoms in total. The Morgan fingerprint density at radius 2 is 2.00 bits per heavy atom. The Kier molecular flexibility index (Phi) is 10.2. The van der Waals surface area contributed by atoms with Gasteiger partial charge >= 0.3 is 0 Å². The largest absolute Gasteiger partial charge is 0.265 e. The second kappa shape index (κ2) is 6.04. The van der Waals surface area contributed by atoms with E-state index < -0.39 is 0 Å². The monoisotopic (exact) mass is 114 g/mol. The molecule has 0 unspecified atom stereocenters. The molecule has 0 saturated carbocycles. The van der Waals surface area contributed by atoms with Gasteiger partial charge in [0.05, 0.1) is 0 Å². The van der Waals surface area contributed by atoms with Gasteiger partial charge in [-0.15, -0.1) is 0 Å². The Labute approximate surface area is 78.7 Å². The van der Waals surface area contributed by atoms with E-state index in [2.05, 4.69) is 0 Å². The van der Waals surface area contributed by atoms with Gasteiger partial charge in [-0.05, 0) is 0 Å². The van der Waals surface area contributed by atoms with Gasteiger partial charge in [0.25, 0.3) is 0 Å². The van der Waals surface area contributed by atoms with Crippen LogP contribution in [-0.4, -0.2) is 62.9 Å². The molecule has 0 aliphatic heterocycles. The summed E-state index contributed by atoms with van der Waals surface area (Å²) in [6, 6.07) is 0. The zero-order valence-corrected chi connectivity index (χ0v) is 7.09. The molecule has 0 amide bonds. The van der Waals surface area contributed by atoms with Crippen molar-refractivity contribution in [2.24, 2.45) is 0 Å². The van der Waals surface area contributed by atoms with Gasteiger partial charge in [-0.25, -0.2) is 0 Å². The number of nitro groups is 1. The number of hydrogen-bond acceptors (Lipinski definition) is 2. The van der Waals surface area contributed by atoms with Crippen molar-refractivity contribution in [1.29, 1.82) is 0 Å². The minimum Gasteiger partial charge on any atom is -0.265 e. The van der Waals surface area contributed by atoms with Crippen molar-refractivity contribution in [2.75, 3.05) is 6.54 Å². The molecule has 0 aliphatic carbocycles. The fourth-order valence-corrected chi connectivity index (χ4v) is 0. The molecule has 0 heterocycles. The van der Waals surface area contributed by atoms with Gasteiger partial charge in [-0.1, -0.05) is 0 Å². The first-order valence-electron chi connectivity index (χ1n) is 1.39. The topological polar surface area (TPSA) is 43.1 Å². The summed E-state index contributed by atoms with van der Waals surface area (Å²) in [5.74, 6) is 0. The molecule has 0 saturated heterocycles. The van der Waals surface area contributed by atoms with Crippen LogP contribution in [-0.2, 0) is 0 Å². The SMILES string of the molecule is CC[N+](=O)[O-].[K]. The molecule has 0 aromatic rings. The van der Waals surface area contributed by atoms with Crippen LogP contribution in [0.2, 0.25) is 0 Å². The maximum atomic E-state index is 9.17. The Morgan fingerprint density at radius 1 is 1.83 bits per heavy atom. The van der Waals surface area contributed by atoms with Crippen molar-refractivity contribution in [2.45, 2.75) is 6.92 Å². The first kappa shape index (κ1) is 10.1. The fraction of sp³-hybridized carbons (Fsp3) is 1.00. The molecule has 0 atom stereocenters. The van der Waals surface area contributed by atoms with Crippen LogP contribution in [0.15, 0.2) is 0 Å². The summed E-state index contributed by atoms with van der Waals surface area (Å²) < 4.78 is 0. The summed E-state index contributed by atoms with van der Waals surface area (Å²) in [5.41, 5.74) is 0. The van der Waals surface area contributed by atoms with Crippen LogP contribution in [0, 0.1) is 10.1 Å². The van der Waals surface area contributed by atoms with Crippen LogP contribution in [0.5, 0.6) is 0 Å². The van der Waals surface area contributed by atoms with E-state index in [4.69, 9.17) is 0 Å². The van der Waals surface area contributed by atoms with E-state index in [-0.39, 0.29) is 62.9 Å². The zero-order chi connectivity index (χ0) is 4.28. The van der Waals surface area contributed by atoms with Crippen molar-refractivity contribution >= 4 is 51.4 Å². The van der Waals surface area contributed by atoms with E-state index in [0.29, 0.717) is 0 Å². The van der Waals surface area contributed by atoms with Gasteiger partial charge in [0, 0.05) is 63.2 Å². The summed E-state index contributed by atoms with van der Waals surface area (Å²) in [4.78, 5) is 8.80. The first-order chi connectivity index (χ1) is 2.27. The second-order valence-electron chi connectivity index (χ2n) is 0.649. The predicted octanol–water partition coefficient (Wildman–Crippen LogP) is -0.0978. The molecule has 6 heavy (non-hydrogen) atoms. The molecule has 0 N–H and O–H groups in total. The van der Waals surface area contributed by atoms with Crippen molar-refractivity contribution in [3.63, 3.8) is 0 Å². The summed E-state index contributed by atoms with van der Waals surface area (Å²) in [5, 5.41) is 9.17. The van der Waals surface area contributed by atoms with Crippen LogP contribution in [0.4, 0.5) is 0 Å². The molecule has 0 aromatic carbocycles. The molecule has 0 fully saturated rings. The molecule has 31 valence electrons. The molecule has 4 heteroatoms. The van der Waals surface area contributed by atoms with Gasteiger partial charge in [-0.2, -0.15) is 0 Å². The van der Waals surface area contributed by atoms with Crippen molar-refractivity contribution < 1.29 is 4.92 Å². The Morgan fingerprint density at radius 3 is 2.00 bits per heavy atom. The molecule has 0 bridgehead atoms. The van der Waals surface area contributed by atoms with Gasteiger partial charge in [0.15, 0.2) is 0 Å². The maximum absolute atomic E-state index is 9.17. The van der Waals surface area contributed by atoms with E-state index in [1.54, 1.807) is 0 Å². The molecule has 0 aliphatic rings. The third kappa shape index (κ3) is 8.90. The quantitative estimate of drug-likeness (QED) is 0.271. The maximum Gasteiger partial charge on any atom is 0.201 e. The van der Waals surface area contributed by atoms with Crippen LogP contribution in [0.25, 0.3) is 0 Å². The summed E-state index contributed by atoms with van der Waals surface area (Å²) in [7, 11) is 0. The molecular formula is C2H5KNO2. The normalized spacial score (nSPS) is 6.17. The molecule has 1 radical (unpaired) electrons. The summed E-state index contributed by atoms with van der Waals surface area (Å²) in [6.07, 6.45) is 0. The third-order valence-corrected chi connectivity index (χ3v) is 0.258. The Balaban J connectivity index is 0. The van der Waals surface area contributed by atoms with E-state index in [1.807, 2.05) is 0 Å². The average Bonchev–Trinajstić information content (AvgIpc) is 1.38. The van der Waals surface area contributed by atoms with E-state index in [0.717, 1.165) is 0 Å². The number of rotatable bonds is 1. The second-order valence-corrected chi connectivity index (χ2v) is 0.649. The van der Waals surface area contributed by atoms with Crippen LogP contribution in [0.1, 0.15) is 6.92 Å². The van der Waals surface area contributed by atoms with E-state index in [1.165, 1.54) is 6.92 Å². The van der Waals surface area contributed by atoms with Gasteiger partial charge < -0.3 is 0 Å². The fourth-order valence-electron chi connectivity index (χ4n) is 0. The standard InChI is InChI=1S/C2H5NO2.K/c1-2-3(4)5;/h2H2,1H3;. The Hall–Kier alpha value is 1.04. The molecule has 0 rings (SSSR count). The van der Waals surface area contributed by atoms with Crippen LogP contribution >= 0.6 is 0 Å². The molecule has 0 aromatic heterocycles. The summed E-state index contributed by atoms with van der Waals surface area (Å²) in [6.45, 7) is 1.53. The van der Waals surface area contributed by atoms with Crippen LogP contribution in [0.3, 0.4) is 0 Å². The van der Waals surface area contributed by atoms with Gasteiger partial charge in [0.2, 0.25) is 6.54 Å². The smallest absolute Gasteiger partial charge is 0.201 e. The average molecular weight is 114 g/mol. The minimum atomic E-state index is -0.375. The van der Waals surface area contributed by atoms with Crippen molar-refractivity contribution in [3.8, 4) is 0 Å². The van der Waals surface area contributed by atoms with E-state index >= 15 is 0 Å². The predicted molar refractivity (Wildman–Crippen MR) is 23.3 cm³/mol. The van der Waals surface area contributed by atoms with Gasteiger partial charge in [-0.3, -0.25) is 10.1 Å². The zero-order valence-electron chi connectivity index (χ0n) is 3.97. The minimum absolute atomic E-state index is 0. The van der Waals surface area contributed by atoms with Crippen molar-refractivity contribution in [3.05, 3.63) is 10.1 Å². The van der Waals surface area contributed by atoms with Crippen molar-refractivity contribution in [1.82, 2.24) is 0 Å². The third-order valence-electron chi connectivity index (χ3n) is 0.258. The van der Waals surface area contributed by atoms with Crippen LogP contribution < -0.4 is 0 Å². The van der Waals surface area contributed by atoms with Gasteiger partial charge in [0.1, 0.15) is 0 Å². The summed E-state index contributed by atoms with van der Waals surface area (Å²) >= 11 is 0.